The van der Waals surface area contributed by atoms with Gasteiger partial charge in [-0.15, -0.1) is 5.10 Å². The number of benzene rings is 1. The molecule has 7 nitrogen and oxygen atoms in total. The van der Waals surface area contributed by atoms with Gasteiger partial charge >= 0.3 is 0 Å². The molecule has 1 fully saturated rings. The Kier molecular flexibility index (Phi) is 5.00. The molecule has 1 aliphatic heterocycles. The lowest BCUT2D eigenvalue weighted by Gasteiger charge is -2.32. The summed E-state index contributed by atoms with van der Waals surface area (Å²) in [6, 6.07) is 10.2. The van der Waals surface area contributed by atoms with E-state index >= 15 is 0 Å². The van der Waals surface area contributed by atoms with Crippen LogP contribution in [0.25, 0.3) is 11.8 Å². The highest BCUT2D eigenvalue weighted by Gasteiger charge is 2.26. The zero-order valence-electron chi connectivity index (χ0n) is 14.0. The van der Waals surface area contributed by atoms with E-state index in [-0.39, 0.29) is 5.91 Å². The van der Waals surface area contributed by atoms with Crippen LogP contribution in [0, 0.1) is 6.92 Å². The normalized spacial score (nSPS) is 16.4. The summed E-state index contributed by atoms with van der Waals surface area (Å²) in [6.07, 6.45) is 3.75. The minimum atomic E-state index is -0.0381. The lowest BCUT2D eigenvalue weighted by molar-refractivity contribution is -0.126. The molecule has 1 amide bonds. The number of nitrogens with zero attached hydrogens (tertiary/aromatic N) is 5. The summed E-state index contributed by atoms with van der Waals surface area (Å²) in [4.78, 5) is 14.9. The number of nitrogens with one attached hydrogen (secondary N) is 1. The van der Waals surface area contributed by atoms with E-state index in [1.807, 2.05) is 48.4 Å². The van der Waals surface area contributed by atoms with Gasteiger partial charge in [0.25, 0.3) is 5.91 Å². The van der Waals surface area contributed by atoms with Gasteiger partial charge in [0.2, 0.25) is 0 Å². The number of likely N-dealkylation sites (tertiary alicyclic amines) is 1. The van der Waals surface area contributed by atoms with Crippen LogP contribution in [0.2, 0.25) is 0 Å². The first kappa shape index (κ1) is 16.3. The van der Waals surface area contributed by atoms with Gasteiger partial charge in [0.1, 0.15) is 5.70 Å². The molecule has 3 rings (SSSR count). The SMILES string of the molecule is CNC1CCN(C(=O)/C(=C/c2ccccc2)n2nnnc2C)CC1. The van der Waals surface area contributed by atoms with Crippen molar-refractivity contribution in [3.05, 3.63) is 41.7 Å². The fraction of sp³-hybridized carbons (Fsp3) is 0.412. The van der Waals surface area contributed by atoms with Crippen molar-refractivity contribution < 1.29 is 4.79 Å². The Hall–Kier alpha value is -2.54. The summed E-state index contributed by atoms with van der Waals surface area (Å²) in [5.41, 5.74) is 1.42. The number of aryl methyl sites for hydroxylation is 1. The van der Waals surface area contributed by atoms with Gasteiger partial charge in [0.15, 0.2) is 5.82 Å². The number of carbonyl (C=O) groups excluding carboxylic acids is 1. The van der Waals surface area contributed by atoms with Crippen molar-refractivity contribution in [3.8, 4) is 0 Å². The molecule has 2 aromatic rings. The minimum absolute atomic E-state index is 0.0381. The summed E-state index contributed by atoms with van der Waals surface area (Å²) < 4.78 is 1.51. The van der Waals surface area contributed by atoms with E-state index < -0.39 is 0 Å². The average molecular weight is 326 g/mol. The molecule has 1 aliphatic rings. The molecule has 126 valence electrons. The second-order valence-electron chi connectivity index (χ2n) is 5.93. The first-order chi connectivity index (χ1) is 11.7. The van der Waals surface area contributed by atoms with Crippen molar-refractivity contribution in [2.45, 2.75) is 25.8 Å². The number of hydrogen-bond donors (Lipinski definition) is 1. The summed E-state index contributed by atoms with van der Waals surface area (Å²) in [5, 5.41) is 14.9. The quantitative estimate of drug-likeness (QED) is 0.854. The Morgan fingerprint density at radius 2 is 1.96 bits per heavy atom. The maximum Gasteiger partial charge on any atom is 0.272 e. The zero-order chi connectivity index (χ0) is 16.9. The lowest BCUT2D eigenvalue weighted by atomic mass is 10.0. The summed E-state index contributed by atoms with van der Waals surface area (Å²) in [7, 11) is 1.97. The van der Waals surface area contributed by atoms with Crippen LogP contribution in [0.3, 0.4) is 0 Å². The number of amides is 1. The topological polar surface area (TPSA) is 75.9 Å². The van der Waals surface area contributed by atoms with Crippen LogP contribution in [-0.4, -0.2) is 57.2 Å². The Morgan fingerprint density at radius 1 is 1.25 bits per heavy atom. The highest BCUT2D eigenvalue weighted by atomic mass is 16.2. The van der Waals surface area contributed by atoms with Crippen molar-refractivity contribution >= 4 is 17.7 Å². The molecular formula is C17H22N6O. The minimum Gasteiger partial charge on any atom is -0.337 e. The van der Waals surface area contributed by atoms with Crippen LogP contribution in [0.4, 0.5) is 0 Å². The smallest absolute Gasteiger partial charge is 0.272 e. The van der Waals surface area contributed by atoms with Crippen molar-refractivity contribution in [2.24, 2.45) is 0 Å². The van der Waals surface area contributed by atoms with Crippen LogP contribution in [0.1, 0.15) is 24.2 Å². The van der Waals surface area contributed by atoms with Gasteiger partial charge in [-0.05, 0) is 48.9 Å². The maximum atomic E-state index is 13.1. The predicted molar refractivity (Wildman–Crippen MR) is 91.8 cm³/mol. The molecule has 1 N–H and O–H groups in total. The molecule has 0 aliphatic carbocycles. The third-order valence-electron chi connectivity index (χ3n) is 4.37. The largest absolute Gasteiger partial charge is 0.337 e. The van der Waals surface area contributed by atoms with E-state index in [1.165, 1.54) is 4.68 Å². The third kappa shape index (κ3) is 3.51. The van der Waals surface area contributed by atoms with Crippen LogP contribution in [0.5, 0.6) is 0 Å². The van der Waals surface area contributed by atoms with Crippen LogP contribution in [0.15, 0.2) is 30.3 Å². The standard InChI is InChI=1S/C17H22N6O/c1-13-19-20-21-23(13)16(12-14-6-4-3-5-7-14)17(24)22-10-8-15(18-2)9-11-22/h3-7,12,15,18H,8-11H2,1-2H3/b16-12-. The van der Waals surface area contributed by atoms with Crippen molar-refractivity contribution in [1.29, 1.82) is 0 Å². The molecule has 0 bridgehead atoms. The molecular weight excluding hydrogens is 304 g/mol. The number of hydrogen-bond acceptors (Lipinski definition) is 5. The van der Waals surface area contributed by atoms with Crippen molar-refractivity contribution in [3.63, 3.8) is 0 Å². The zero-order valence-corrected chi connectivity index (χ0v) is 14.0. The van der Waals surface area contributed by atoms with Gasteiger partial charge in [-0.2, -0.15) is 4.68 Å². The fourth-order valence-electron chi connectivity index (χ4n) is 2.91. The molecule has 0 atom stereocenters. The highest BCUT2D eigenvalue weighted by molar-refractivity contribution is 6.18. The third-order valence-corrected chi connectivity index (χ3v) is 4.37. The van der Waals surface area contributed by atoms with E-state index in [2.05, 4.69) is 20.8 Å². The van der Waals surface area contributed by atoms with Crippen molar-refractivity contribution in [2.75, 3.05) is 20.1 Å². The fourth-order valence-corrected chi connectivity index (χ4v) is 2.91. The number of aromatic nitrogens is 4. The second-order valence-corrected chi connectivity index (χ2v) is 5.93. The van der Waals surface area contributed by atoms with Gasteiger partial charge in [0.05, 0.1) is 0 Å². The molecule has 0 spiro atoms. The first-order valence-corrected chi connectivity index (χ1v) is 8.17. The van der Waals surface area contributed by atoms with Gasteiger partial charge in [-0.1, -0.05) is 30.3 Å². The molecule has 7 heteroatoms. The predicted octanol–water partition coefficient (Wildman–Crippen LogP) is 1.19. The summed E-state index contributed by atoms with van der Waals surface area (Å²) in [6.45, 7) is 3.26. The molecule has 1 aromatic heterocycles. The maximum absolute atomic E-state index is 13.1. The summed E-state index contributed by atoms with van der Waals surface area (Å²) in [5.74, 6) is 0.555. The monoisotopic (exact) mass is 326 g/mol. The van der Waals surface area contributed by atoms with Crippen LogP contribution < -0.4 is 5.32 Å². The lowest BCUT2D eigenvalue weighted by Crippen LogP contribution is -2.44. The number of piperidine rings is 1. The van der Waals surface area contributed by atoms with E-state index in [0.29, 0.717) is 17.6 Å². The van der Waals surface area contributed by atoms with E-state index in [1.54, 1.807) is 6.92 Å². The Bertz CT molecular complexity index is 716. The second kappa shape index (κ2) is 7.35. The number of carbonyl (C=O) groups is 1. The van der Waals surface area contributed by atoms with Crippen LogP contribution >= 0.6 is 0 Å². The van der Waals surface area contributed by atoms with Crippen molar-refractivity contribution in [1.82, 2.24) is 30.4 Å². The van der Waals surface area contributed by atoms with E-state index in [9.17, 15) is 4.79 Å². The first-order valence-electron chi connectivity index (χ1n) is 8.17. The van der Waals surface area contributed by atoms with Gasteiger partial charge in [0, 0.05) is 19.1 Å². The average Bonchev–Trinajstić information content (AvgIpc) is 3.06. The molecule has 0 radical (unpaired) electrons. The van der Waals surface area contributed by atoms with Gasteiger partial charge < -0.3 is 10.2 Å². The van der Waals surface area contributed by atoms with Crippen LogP contribution in [-0.2, 0) is 4.79 Å². The molecule has 1 saturated heterocycles. The molecule has 1 aromatic carbocycles. The molecule has 0 unspecified atom stereocenters. The Balaban J connectivity index is 1.89. The molecule has 2 heterocycles. The summed E-state index contributed by atoms with van der Waals surface area (Å²) >= 11 is 0. The highest BCUT2D eigenvalue weighted by Crippen LogP contribution is 2.18. The number of rotatable bonds is 4. The van der Waals surface area contributed by atoms with Gasteiger partial charge in [-0.25, -0.2) is 0 Å². The Morgan fingerprint density at radius 3 is 2.54 bits per heavy atom. The van der Waals surface area contributed by atoms with Gasteiger partial charge in [-0.3, -0.25) is 4.79 Å². The van der Waals surface area contributed by atoms with E-state index in [0.717, 1.165) is 31.5 Å². The molecule has 24 heavy (non-hydrogen) atoms. The van der Waals surface area contributed by atoms with E-state index in [4.69, 9.17) is 0 Å². The molecule has 0 saturated carbocycles. The Labute approximate surface area is 141 Å². The number of tetrazole rings is 1.